The Bertz CT molecular complexity index is 755. The van der Waals surface area contributed by atoms with Crippen LogP contribution in [0.3, 0.4) is 0 Å². The van der Waals surface area contributed by atoms with Crippen molar-refractivity contribution < 1.29 is 8.42 Å². The normalized spacial score (nSPS) is 11.1. The zero-order valence-electron chi connectivity index (χ0n) is 11.2. The summed E-state index contributed by atoms with van der Waals surface area (Å²) < 4.78 is 28.5. The Labute approximate surface area is 117 Å². The van der Waals surface area contributed by atoms with Crippen molar-refractivity contribution in [1.82, 2.24) is 9.78 Å². The minimum atomic E-state index is -3.64. The van der Waals surface area contributed by atoms with E-state index in [0.717, 1.165) is 5.56 Å². The van der Waals surface area contributed by atoms with Gasteiger partial charge in [-0.25, -0.2) is 8.42 Å². The molecule has 7 heteroatoms. The summed E-state index contributed by atoms with van der Waals surface area (Å²) in [5.41, 5.74) is 1.84. The van der Waals surface area contributed by atoms with E-state index in [4.69, 9.17) is 5.26 Å². The Hall–Kier alpha value is -2.33. The van der Waals surface area contributed by atoms with Crippen LogP contribution in [0.5, 0.6) is 0 Å². The van der Waals surface area contributed by atoms with Gasteiger partial charge in [0, 0.05) is 13.2 Å². The summed E-state index contributed by atoms with van der Waals surface area (Å²) in [7, 11) is -1.92. The third-order valence-corrected chi connectivity index (χ3v) is 4.16. The lowest BCUT2D eigenvalue weighted by Crippen LogP contribution is -2.13. The second kappa shape index (κ2) is 5.35. The maximum absolute atomic E-state index is 12.2. The molecule has 0 radical (unpaired) electrons. The maximum atomic E-state index is 12.2. The fourth-order valence-corrected chi connectivity index (χ4v) is 2.88. The molecule has 0 amide bonds. The second-order valence-electron chi connectivity index (χ2n) is 4.39. The van der Waals surface area contributed by atoms with E-state index in [1.165, 1.54) is 12.1 Å². The second-order valence-corrected chi connectivity index (χ2v) is 6.07. The third kappa shape index (κ3) is 2.97. The molecule has 0 saturated heterocycles. The van der Waals surface area contributed by atoms with Gasteiger partial charge in [0.25, 0.3) is 10.0 Å². The Kier molecular flexibility index (Phi) is 3.77. The number of rotatable bonds is 4. The zero-order chi connectivity index (χ0) is 14.8. The van der Waals surface area contributed by atoms with Crippen molar-refractivity contribution in [2.24, 2.45) is 7.05 Å². The van der Waals surface area contributed by atoms with E-state index in [2.05, 4.69) is 9.82 Å². The minimum Gasteiger partial charge on any atom is -0.276 e. The van der Waals surface area contributed by atoms with Crippen LogP contribution < -0.4 is 4.72 Å². The van der Waals surface area contributed by atoms with Gasteiger partial charge in [-0.1, -0.05) is 12.1 Å². The van der Waals surface area contributed by atoms with Crippen LogP contribution in [-0.4, -0.2) is 18.2 Å². The number of nitrogens with one attached hydrogen (secondary N) is 1. The molecule has 0 aliphatic heterocycles. The number of aryl methyl sites for hydroxylation is 2. The molecule has 6 nitrogen and oxygen atoms in total. The van der Waals surface area contributed by atoms with Crippen LogP contribution in [0.2, 0.25) is 0 Å². The zero-order valence-corrected chi connectivity index (χ0v) is 12.0. The summed E-state index contributed by atoms with van der Waals surface area (Å²) in [6.07, 6.45) is 1.87. The fraction of sp³-hybridized carbons (Fsp3) is 0.231. The molecule has 0 aliphatic rings. The van der Waals surface area contributed by atoms with Gasteiger partial charge in [-0.15, -0.1) is 0 Å². The first-order chi connectivity index (χ1) is 9.42. The van der Waals surface area contributed by atoms with Crippen molar-refractivity contribution in [3.8, 4) is 6.07 Å². The Morgan fingerprint density at radius 2 is 2.00 bits per heavy atom. The largest absolute Gasteiger partial charge is 0.276 e. The average Bonchev–Trinajstić information content (AvgIpc) is 2.68. The Balaban J connectivity index is 2.26. The van der Waals surface area contributed by atoms with Gasteiger partial charge in [0.15, 0.2) is 0 Å². The van der Waals surface area contributed by atoms with Crippen molar-refractivity contribution in [3.63, 3.8) is 0 Å². The number of benzene rings is 1. The maximum Gasteiger partial charge on any atom is 0.262 e. The third-order valence-electron chi connectivity index (χ3n) is 2.77. The van der Waals surface area contributed by atoms with E-state index in [-0.39, 0.29) is 11.3 Å². The predicted molar refractivity (Wildman–Crippen MR) is 74.5 cm³/mol. The first-order valence-electron chi connectivity index (χ1n) is 5.91. The highest BCUT2D eigenvalue weighted by molar-refractivity contribution is 7.92. The van der Waals surface area contributed by atoms with Crippen LogP contribution in [0.4, 0.5) is 5.69 Å². The van der Waals surface area contributed by atoms with E-state index in [9.17, 15) is 8.42 Å². The standard InChI is InChI=1S/C13H14N4O2S/c1-10-13(9-17(2)15-10)16-20(18,19)12-5-3-11(4-6-12)7-8-14/h3-6,9,16H,7H2,1-2H3. The average molecular weight is 290 g/mol. The monoisotopic (exact) mass is 290 g/mol. The molecular formula is C13H14N4O2S. The fourth-order valence-electron chi connectivity index (χ4n) is 1.78. The van der Waals surface area contributed by atoms with Crippen molar-refractivity contribution in [2.75, 3.05) is 4.72 Å². The molecule has 0 fully saturated rings. The van der Waals surface area contributed by atoms with E-state index in [0.29, 0.717) is 11.4 Å². The number of hydrogen-bond acceptors (Lipinski definition) is 4. The van der Waals surface area contributed by atoms with Gasteiger partial charge in [0.05, 0.1) is 28.8 Å². The summed E-state index contributed by atoms with van der Waals surface area (Å²) in [6, 6.07) is 8.26. The summed E-state index contributed by atoms with van der Waals surface area (Å²) in [5.74, 6) is 0. The van der Waals surface area contributed by atoms with Gasteiger partial charge in [0.1, 0.15) is 0 Å². The molecular weight excluding hydrogens is 276 g/mol. The van der Waals surface area contributed by atoms with Crippen molar-refractivity contribution in [2.45, 2.75) is 18.2 Å². The van der Waals surface area contributed by atoms with Gasteiger partial charge >= 0.3 is 0 Å². The number of nitrogens with zero attached hydrogens (tertiary/aromatic N) is 3. The summed E-state index contributed by atoms with van der Waals surface area (Å²) in [4.78, 5) is 0.155. The number of sulfonamides is 1. The Morgan fingerprint density at radius 3 is 2.50 bits per heavy atom. The highest BCUT2D eigenvalue weighted by Crippen LogP contribution is 2.18. The Morgan fingerprint density at radius 1 is 1.35 bits per heavy atom. The number of aromatic nitrogens is 2. The van der Waals surface area contributed by atoms with E-state index in [1.807, 2.05) is 6.07 Å². The van der Waals surface area contributed by atoms with Crippen LogP contribution in [0.25, 0.3) is 0 Å². The molecule has 0 aliphatic carbocycles. The quantitative estimate of drug-likeness (QED) is 0.926. The van der Waals surface area contributed by atoms with Gasteiger partial charge in [-0.3, -0.25) is 9.40 Å². The number of anilines is 1. The molecule has 1 heterocycles. The number of nitriles is 1. The van der Waals surface area contributed by atoms with Crippen LogP contribution in [0, 0.1) is 18.3 Å². The van der Waals surface area contributed by atoms with Crippen LogP contribution in [0.1, 0.15) is 11.3 Å². The molecule has 1 aromatic heterocycles. The topological polar surface area (TPSA) is 87.8 Å². The smallest absolute Gasteiger partial charge is 0.262 e. The van der Waals surface area contributed by atoms with Gasteiger partial charge in [-0.2, -0.15) is 10.4 Å². The lowest BCUT2D eigenvalue weighted by Gasteiger charge is -2.07. The molecule has 0 spiro atoms. The van der Waals surface area contributed by atoms with Gasteiger partial charge in [0.2, 0.25) is 0 Å². The van der Waals surface area contributed by atoms with Crippen LogP contribution in [0.15, 0.2) is 35.4 Å². The molecule has 2 rings (SSSR count). The summed E-state index contributed by atoms with van der Waals surface area (Å²) in [5, 5.41) is 12.7. The van der Waals surface area contributed by atoms with Crippen molar-refractivity contribution in [1.29, 1.82) is 5.26 Å². The first kappa shape index (κ1) is 14.1. The summed E-state index contributed by atoms with van der Waals surface area (Å²) >= 11 is 0. The molecule has 1 N–H and O–H groups in total. The SMILES string of the molecule is Cc1nn(C)cc1NS(=O)(=O)c1ccc(CC#N)cc1. The molecule has 2 aromatic rings. The van der Waals surface area contributed by atoms with Crippen LogP contribution >= 0.6 is 0 Å². The molecule has 1 aromatic carbocycles. The molecule has 0 unspecified atom stereocenters. The lowest BCUT2D eigenvalue weighted by molar-refractivity contribution is 0.601. The molecule has 0 bridgehead atoms. The lowest BCUT2D eigenvalue weighted by atomic mass is 10.2. The summed E-state index contributed by atoms with van der Waals surface area (Å²) in [6.45, 7) is 1.73. The van der Waals surface area contributed by atoms with Crippen molar-refractivity contribution >= 4 is 15.7 Å². The molecule has 20 heavy (non-hydrogen) atoms. The molecule has 104 valence electrons. The van der Waals surface area contributed by atoms with Crippen LogP contribution in [-0.2, 0) is 23.5 Å². The van der Waals surface area contributed by atoms with Crippen molar-refractivity contribution in [3.05, 3.63) is 41.7 Å². The van der Waals surface area contributed by atoms with E-state index in [1.54, 1.807) is 37.0 Å². The predicted octanol–water partition coefficient (Wildman–Crippen LogP) is 1.60. The van der Waals surface area contributed by atoms with E-state index >= 15 is 0 Å². The highest BCUT2D eigenvalue weighted by atomic mass is 32.2. The van der Waals surface area contributed by atoms with Gasteiger partial charge in [-0.05, 0) is 24.6 Å². The molecule has 0 atom stereocenters. The molecule has 0 saturated carbocycles. The highest BCUT2D eigenvalue weighted by Gasteiger charge is 2.16. The van der Waals surface area contributed by atoms with E-state index < -0.39 is 10.0 Å². The minimum absolute atomic E-state index is 0.155. The first-order valence-corrected chi connectivity index (χ1v) is 7.39. The number of hydrogen-bond donors (Lipinski definition) is 1. The van der Waals surface area contributed by atoms with Gasteiger partial charge < -0.3 is 0 Å².